The highest BCUT2D eigenvalue weighted by Gasteiger charge is 2.33. The summed E-state index contributed by atoms with van der Waals surface area (Å²) in [4.78, 5) is 13.8. The van der Waals surface area contributed by atoms with Gasteiger partial charge in [0.2, 0.25) is 0 Å². The molecule has 0 aromatic carbocycles. The number of nitrogens with zero attached hydrogens (tertiary/aromatic N) is 1. The normalized spacial score (nSPS) is 24.9. The van der Waals surface area contributed by atoms with E-state index < -0.39 is 0 Å². The van der Waals surface area contributed by atoms with Gasteiger partial charge >= 0.3 is 0 Å². The Balaban J connectivity index is 2.83. The Bertz CT molecular complexity index is 238. The third-order valence-electron chi connectivity index (χ3n) is 2.57. The second kappa shape index (κ2) is 3.52. The molecule has 0 aromatic rings. The average molecular weight is 181 g/mol. The van der Waals surface area contributed by atoms with E-state index in [0.29, 0.717) is 5.78 Å². The predicted molar refractivity (Wildman–Crippen MR) is 54.4 cm³/mol. The predicted octanol–water partition coefficient (Wildman–Crippen LogP) is 2.21. The van der Waals surface area contributed by atoms with Crippen LogP contribution in [0, 0.1) is 5.41 Å². The Labute approximate surface area is 80.6 Å². The van der Waals surface area contributed by atoms with Crippen LogP contribution >= 0.6 is 0 Å². The molecule has 0 aromatic heterocycles. The summed E-state index contributed by atoms with van der Waals surface area (Å²) in [6.07, 6.45) is 5.07. The lowest BCUT2D eigenvalue weighted by Gasteiger charge is -2.29. The van der Waals surface area contributed by atoms with E-state index in [1.165, 1.54) is 0 Å². The second-order valence-electron chi connectivity index (χ2n) is 4.68. The van der Waals surface area contributed by atoms with Crippen LogP contribution in [0.4, 0.5) is 0 Å². The lowest BCUT2D eigenvalue weighted by Crippen LogP contribution is -2.30. The molecule has 0 bridgehead atoms. The summed E-state index contributed by atoms with van der Waals surface area (Å²) in [5.41, 5.74) is 0.848. The van der Waals surface area contributed by atoms with E-state index in [4.69, 9.17) is 0 Å². The van der Waals surface area contributed by atoms with Crippen molar-refractivity contribution in [1.29, 1.82) is 0 Å². The number of Topliss-reactive ketones (excluding diaryl/α,β-unsaturated/α-hetero) is 1. The van der Waals surface area contributed by atoms with Gasteiger partial charge in [0.1, 0.15) is 0 Å². The van der Waals surface area contributed by atoms with Gasteiger partial charge in [-0.05, 0) is 19.3 Å². The van der Waals surface area contributed by atoms with E-state index in [0.717, 1.165) is 24.8 Å². The minimum atomic E-state index is -0.139. The Kier molecular flexibility index (Phi) is 2.79. The lowest BCUT2D eigenvalue weighted by molar-refractivity contribution is -0.125. The smallest absolute Gasteiger partial charge is 0.165 e. The molecule has 0 radical (unpaired) electrons. The summed E-state index contributed by atoms with van der Waals surface area (Å²) < 4.78 is 0. The van der Waals surface area contributed by atoms with Gasteiger partial charge in [0.25, 0.3) is 0 Å². The maximum atomic E-state index is 11.9. The maximum Gasteiger partial charge on any atom is 0.165 e. The molecule has 2 heteroatoms. The summed E-state index contributed by atoms with van der Waals surface area (Å²) >= 11 is 0. The maximum absolute atomic E-state index is 11.9. The molecule has 74 valence electrons. The summed E-state index contributed by atoms with van der Waals surface area (Å²) in [6.45, 7) is 4.08. The molecule has 0 spiro atoms. The minimum Gasteiger partial charge on any atom is -0.383 e. The first-order chi connectivity index (χ1) is 5.93. The van der Waals surface area contributed by atoms with Gasteiger partial charge in [0, 0.05) is 31.3 Å². The largest absolute Gasteiger partial charge is 0.383 e. The summed E-state index contributed by atoms with van der Waals surface area (Å²) in [5.74, 6) is 0.326. The van der Waals surface area contributed by atoms with Crippen LogP contribution in [-0.4, -0.2) is 24.8 Å². The van der Waals surface area contributed by atoms with E-state index in [9.17, 15) is 4.79 Å². The summed E-state index contributed by atoms with van der Waals surface area (Å²) in [6, 6.07) is 0. The Morgan fingerprint density at radius 1 is 1.38 bits per heavy atom. The first-order valence-electron chi connectivity index (χ1n) is 4.85. The van der Waals surface area contributed by atoms with E-state index in [1.807, 2.05) is 39.0 Å². The van der Waals surface area contributed by atoms with Crippen LogP contribution in [0.1, 0.15) is 33.1 Å². The third-order valence-corrected chi connectivity index (χ3v) is 2.57. The monoisotopic (exact) mass is 181 g/mol. The van der Waals surface area contributed by atoms with Crippen molar-refractivity contribution in [2.45, 2.75) is 33.1 Å². The number of carbonyl (C=O) groups excluding carboxylic acids is 1. The van der Waals surface area contributed by atoms with Crippen molar-refractivity contribution in [3.63, 3.8) is 0 Å². The van der Waals surface area contributed by atoms with E-state index >= 15 is 0 Å². The Hall–Kier alpha value is -0.790. The molecule has 0 heterocycles. The van der Waals surface area contributed by atoms with Gasteiger partial charge in [-0.25, -0.2) is 0 Å². The van der Waals surface area contributed by atoms with Crippen LogP contribution in [-0.2, 0) is 4.79 Å². The molecule has 0 aliphatic heterocycles. The SMILES string of the molecule is CN(C)C=C1CCCC(C)(C)C1=O. The molecule has 2 nitrogen and oxygen atoms in total. The molecule has 1 saturated carbocycles. The van der Waals surface area contributed by atoms with Crippen LogP contribution < -0.4 is 0 Å². The van der Waals surface area contributed by atoms with E-state index in [1.54, 1.807) is 0 Å². The van der Waals surface area contributed by atoms with Crippen LogP contribution in [0.3, 0.4) is 0 Å². The Morgan fingerprint density at radius 3 is 2.54 bits per heavy atom. The molecule has 13 heavy (non-hydrogen) atoms. The summed E-state index contributed by atoms with van der Waals surface area (Å²) in [7, 11) is 3.92. The van der Waals surface area contributed by atoms with Gasteiger partial charge in [-0.3, -0.25) is 4.79 Å². The molecule has 0 saturated heterocycles. The van der Waals surface area contributed by atoms with Crippen molar-refractivity contribution < 1.29 is 4.79 Å². The first-order valence-corrected chi connectivity index (χ1v) is 4.85. The number of rotatable bonds is 1. The van der Waals surface area contributed by atoms with Crippen LogP contribution in [0.15, 0.2) is 11.8 Å². The second-order valence-corrected chi connectivity index (χ2v) is 4.68. The molecular weight excluding hydrogens is 162 g/mol. The minimum absolute atomic E-state index is 0.139. The molecular formula is C11H19NO. The third kappa shape index (κ3) is 2.33. The molecule has 1 aliphatic carbocycles. The zero-order valence-corrected chi connectivity index (χ0v) is 9.05. The zero-order valence-electron chi connectivity index (χ0n) is 9.05. The molecule has 0 unspecified atom stereocenters. The molecule has 0 atom stereocenters. The van der Waals surface area contributed by atoms with E-state index in [-0.39, 0.29) is 5.41 Å². The summed E-state index contributed by atoms with van der Waals surface area (Å²) in [5, 5.41) is 0. The first kappa shape index (κ1) is 10.3. The van der Waals surface area contributed by atoms with Gasteiger partial charge in [0.05, 0.1) is 0 Å². The topological polar surface area (TPSA) is 20.3 Å². The highest BCUT2D eigenvalue weighted by molar-refractivity contribution is 5.99. The van der Waals surface area contributed by atoms with Gasteiger partial charge < -0.3 is 4.90 Å². The molecule has 0 amide bonds. The zero-order chi connectivity index (χ0) is 10.1. The van der Waals surface area contributed by atoms with Gasteiger partial charge in [-0.2, -0.15) is 0 Å². The standard InChI is InChI=1S/C11H19NO/c1-11(2)7-5-6-9(10(11)13)8-12(3)4/h8H,5-7H2,1-4H3. The quantitative estimate of drug-likeness (QED) is 0.578. The van der Waals surface area contributed by atoms with Gasteiger partial charge in [-0.15, -0.1) is 0 Å². The number of hydrogen-bond donors (Lipinski definition) is 0. The highest BCUT2D eigenvalue weighted by Crippen LogP contribution is 2.34. The number of hydrogen-bond acceptors (Lipinski definition) is 2. The lowest BCUT2D eigenvalue weighted by atomic mass is 9.74. The number of carbonyl (C=O) groups is 1. The van der Waals surface area contributed by atoms with Crippen LogP contribution in [0.5, 0.6) is 0 Å². The van der Waals surface area contributed by atoms with Crippen molar-refractivity contribution >= 4 is 5.78 Å². The van der Waals surface area contributed by atoms with Crippen LogP contribution in [0.25, 0.3) is 0 Å². The fourth-order valence-corrected chi connectivity index (χ4v) is 1.82. The number of allylic oxidation sites excluding steroid dienone is 1. The van der Waals surface area contributed by atoms with Crippen molar-refractivity contribution in [3.05, 3.63) is 11.8 Å². The highest BCUT2D eigenvalue weighted by atomic mass is 16.1. The van der Waals surface area contributed by atoms with E-state index in [2.05, 4.69) is 0 Å². The molecule has 1 rings (SSSR count). The molecule has 1 aliphatic rings. The van der Waals surface area contributed by atoms with Gasteiger partial charge in [0.15, 0.2) is 5.78 Å². The van der Waals surface area contributed by atoms with Crippen molar-refractivity contribution in [3.8, 4) is 0 Å². The van der Waals surface area contributed by atoms with Crippen LogP contribution in [0.2, 0.25) is 0 Å². The molecule has 0 N–H and O–H groups in total. The van der Waals surface area contributed by atoms with Crippen molar-refractivity contribution in [2.24, 2.45) is 5.41 Å². The van der Waals surface area contributed by atoms with Gasteiger partial charge in [-0.1, -0.05) is 13.8 Å². The molecule has 1 fully saturated rings. The van der Waals surface area contributed by atoms with Crippen molar-refractivity contribution in [2.75, 3.05) is 14.1 Å². The van der Waals surface area contributed by atoms with Crippen molar-refractivity contribution in [1.82, 2.24) is 4.90 Å². The fourth-order valence-electron chi connectivity index (χ4n) is 1.82. The average Bonchev–Trinajstić information content (AvgIpc) is 1.98. The Morgan fingerprint density at radius 2 is 2.00 bits per heavy atom. The number of ketones is 1. The fraction of sp³-hybridized carbons (Fsp3) is 0.727.